The third kappa shape index (κ3) is 2.57. The van der Waals surface area contributed by atoms with Crippen LogP contribution in [0.15, 0.2) is 10.5 Å². The number of nitrogens with zero attached hydrogens (tertiary/aromatic N) is 1. The molecule has 1 atom stereocenters. The van der Waals surface area contributed by atoms with Gasteiger partial charge in [-0.1, -0.05) is 20.8 Å². The van der Waals surface area contributed by atoms with Crippen LogP contribution in [-0.4, -0.2) is 29.4 Å². The van der Waals surface area contributed by atoms with Gasteiger partial charge >= 0.3 is 0 Å². The van der Waals surface area contributed by atoms with Gasteiger partial charge in [-0.05, 0) is 25.8 Å². The van der Waals surface area contributed by atoms with E-state index < -0.39 is 12.0 Å². The Kier molecular flexibility index (Phi) is 3.63. The zero-order chi connectivity index (χ0) is 15.1. The molecule has 0 aliphatic carbocycles. The van der Waals surface area contributed by atoms with Gasteiger partial charge in [-0.15, -0.1) is 0 Å². The zero-order valence-corrected chi connectivity index (χ0v) is 12.4. The van der Waals surface area contributed by atoms with E-state index in [1.54, 1.807) is 13.0 Å². The molecular weight excluding hydrogens is 258 g/mol. The van der Waals surface area contributed by atoms with E-state index in [9.17, 15) is 14.7 Å². The summed E-state index contributed by atoms with van der Waals surface area (Å²) in [7, 11) is 0. The first-order valence-corrected chi connectivity index (χ1v) is 6.84. The molecule has 0 saturated carbocycles. The third-order valence-corrected chi connectivity index (χ3v) is 3.67. The van der Waals surface area contributed by atoms with Crippen molar-refractivity contribution in [1.29, 1.82) is 0 Å². The number of furan rings is 1. The lowest BCUT2D eigenvalue weighted by Crippen LogP contribution is -2.47. The van der Waals surface area contributed by atoms with Crippen LogP contribution in [0.2, 0.25) is 0 Å². The van der Waals surface area contributed by atoms with Crippen molar-refractivity contribution in [2.24, 2.45) is 0 Å². The first kappa shape index (κ1) is 14.6. The molecule has 1 saturated heterocycles. The molecule has 1 fully saturated rings. The van der Waals surface area contributed by atoms with Gasteiger partial charge in [0, 0.05) is 12.0 Å². The monoisotopic (exact) mass is 278 g/mol. The van der Waals surface area contributed by atoms with Crippen molar-refractivity contribution in [1.82, 2.24) is 4.90 Å². The van der Waals surface area contributed by atoms with Crippen molar-refractivity contribution in [3.05, 3.63) is 23.2 Å². The van der Waals surface area contributed by atoms with Crippen molar-refractivity contribution in [3.8, 4) is 0 Å². The Hall–Kier alpha value is -1.78. The highest BCUT2D eigenvalue weighted by Crippen LogP contribution is 2.29. The molecule has 1 aromatic rings. The first-order chi connectivity index (χ1) is 9.21. The Bertz CT molecular complexity index is 539. The Labute approximate surface area is 118 Å². The Morgan fingerprint density at radius 3 is 2.55 bits per heavy atom. The maximum atomic E-state index is 12.5. The summed E-state index contributed by atoms with van der Waals surface area (Å²) < 4.78 is 5.64. The van der Waals surface area contributed by atoms with Crippen molar-refractivity contribution >= 4 is 11.9 Å². The summed E-state index contributed by atoms with van der Waals surface area (Å²) in [6.45, 7) is 8.18. The van der Waals surface area contributed by atoms with Crippen molar-refractivity contribution in [2.75, 3.05) is 6.54 Å². The molecule has 0 aromatic carbocycles. The lowest BCUT2D eigenvalue weighted by Gasteiger charge is -2.25. The van der Waals surface area contributed by atoms with Crippen molar-refractivity contribution in [2.45, 2.75) is 52.0 Å². The van der Waals surface area contributed by atoms with E-state index >= 15 is 0 Å². The van der Waals surface area contributed by atoms with Gasteiger partial charge in [0.15, 0.2) is 0 Å². The highest BCUT2D eigenvalue weighted by molar-refractivity contribution is 5.97. The minimum Gasteiger partial charge on any atom is -0.548 e. The number of hydrogen-bond donors (Lipinski definition) is 0. The number of likely N-dealkylation sites (tertiary alicyclic amines) is 1. The van der Waals surface area contributed by atoms with Crippen LogP contribution in [0.25, 0.3) is 0 Å². The SMILES string of the molecule is Cc1oc(C(C)(C)C)cc1C(=O)N1CCC[C@@H]1C(=O)[O-]. The number of carboxylic acid groups (broad SMARTS) is 1. The number of hydrogen-bond acceptors (Lipinski definition) is 4. The number of aryl methyl sites for hydroxylation is 1. The van der Waals surface area contributed by atoms with Crippen molar-refractivity contribution < 1.29 is 19.1 Å². The molecule has 2 heterocycles. The molecular formula is C15H20NO4-. The molecule has 0 bridgehead atoms. The van der Waals surface area contributed by atoms with Gasteiger partial charge in [-0.2, -0.15) is 0 Å². The summed E-state index contributed by atoms with van der Waals surface area (Å²) >= 11 is 0. The molecule has 0 radical (unpaired) electrons. The maximum absolute atomic E-state index is 12.5. The summed E-state index contributed by atoms with van der Waals surface area (Å²) in [5.41, 5.74) is 0.255. The molecule has 110 valence electrons. The highest BCUT2D eigenvalue weighted by Gasteiger charge is 2.33. The van der Waals surface area contributed by atoms with Gasteiger partial charge in [0.2, 0.25) is 0 Å². The van der Waals surface area contributed by atoms with E-state index in [4.69, 9.17) is 4.42 Å². The Morgan fingerprint density at radius 1 is 1.40 bits per heavy atom. The predicted octanol–water partition coefficient (Wildman–Crippen LogP) is 1.24. The number of amides is 1. The van der Waals surface area contributed by atoms with Gasteiger partial charge in [-0.3, -0.25) is 4.79 Å². The van der Waals surface area contributed by atoms with Crippen LogP contribution in [0.1, 0.15) is 55.5 Å². The number of carbonyl (C=O) groups is 2. The van der Waals surface area contributed by atoms with Crippen LogP contribution >= 0.6 is 0 Å². The van der Waals surface area contributed by atoms with Gasteiger partial charge in [0.1, 0.15) is 11.5 Å². The highest BCUT2D eigenvalue weighted by atomic mass is 16.4. The van der Waals surface area contributed by atoms with Crippen LogP contribution in [0.3, 0.4) is 0 Å². The molecule has 20 heavy (non-hydrogen) atoms. The zero-order valence-electron chi connectivity index (χ0n) is 12.4. The number of carboxylic acids is 1. The standard InChI is InChI=1S/C15H21NO4/c1-9-10(8-12(20-9)15(2,3)4)13(17)16-7-5-6-11(16)14(18)19/h8,11H,5-7H2,1-4H3,(H,18,19)/p-1/t11-/m1/s1. The fraction of sp³-hybridized carbons (Fsp3) is 0.600. The second kappa shape index (κ2) is 4.96. The molecule has 1 amide bonds. The normalized spacial score (nSPS) is 19.4. The van der Waals surface area contributed by atoms with E-state index in [1.165, 1.54) is 4.90 Å². The number of aliphatic carboxylic acids is 1. The molecule has 1 aliphatic rings. The number of carbonyl (C=O) groups excluding carboxylic acids is 2. The maximum Gasteiger partial charge on any atom is 0.257 e. The number of rotatable bonds is 2. The molecule has 1 aromatic heterocycles. The first-order valence-electron chi connectivity index (χ1n) is 6.84. The van der Waals surface area contributed by atoms with E-state index in [0.29, 0.717) is 30.7 Å². The lowest BCUT2D eigenvalue weighted by atomic mass is 9.93. The lowest BCUT2D eigenvalue weighted by molar-refractivity contribution is -0.310. The predicted molar refractivity (Wildman–Crippen MR) is 71.2 cm³/mol. The van der Waals surface area contributed by atoms with Crippen LogP contribution in [0.4, 0.5) is 0 Å². The van der Waals surface area contributed by atoms with Gasteiger partial charge < -0.3 is 19.2 Å². The summed E-state index contributed by atoms with van der Waals surface area (Å²) in [5, 5.41) is 11.1. The Morgan fingerprint density at radius 2 is 2.05 bits per heavy atom. The quantitative estimate of drug-likeness (QED) is 0.815. The molecule has 0 spiro atoms. The molecule has 2 rings (SSSR count). The fourth-order valence-corrected chi connectivity index (χ4v) is 2.47. The molecule has 0 N–H and O–H groups in total. The van der Waals surface area contributed by atoms with Crippen molar-refractivity contribution in [3.63, 3.8) is 0 Å². The topological polar surface area (TPSA) is 73.6 Å². The second-order valence-electron chi connectivity index (χ2n) is 6.31. The minimum absolute atomic E-state index is 0.192. The largest absolute Gasteiger partial charge is 0.548 e. The van der Waals surface area contributed by atoms with E-state index in [1.807, 2.05) is 20.8 Å². The average molecular weight is 278 g/mol. The summed E-state index contributed by atoms with van der Waals surface area (Å²) in [5.74, 6) is -0.215. The molecule has 5 heteroatoms. The minimum atomic E-state index is -1.19. The van der Waals surface area contributed by atoms with Gasteiger partial charge in [-0.25, -0.2) is 0 Å². The van der Waals surface area contributed by atoms with Crippen LogP contribution < -0.4 is 5.11 Å². The van der Waals surface area contributed by atoms with Gasteiger partial charge in [0.25, 0.3) is 5.91 Å². The Balaban J connectivity index is 2.30. The van der Waals surface area contributed by atoms with E-state index in [2.05, 4.69) is 0 Å². The van der Waals surface area contributed by atoms with Crippen LogP contribution in [0.5, 0.6) is 0 Å². The van der Waals surface area contributed by atoms with Crippen LogP contribution in [0, 0.1) is 6.92 Å². The second-order valence-corrected chi connectivity index (χ2v) is 6.31. The third-order valence-electron chi connectivity index (χ3n) is 3.67. The molecule has 1 aliphatic heterocycles. The summed E-state index contributed by atoms with van der Waals surface area (Å²) in [6, 6.07) is 0.900. The van der Waals surface area contributed by atoms with Gasteiger partial charge in [0.05, 0.1) is 17.6 Å². The smallest absolute Gasteiger partial charge is 0.257 e. The summed E-state index contributed by atoms with van der Waals surface area (Å²) in [4.78, 5) is 24.9. The van der Waals surface area contributed by atoms with E-state index in [0.717, 1.165) is 5.76 Å². The van der Waals surface area contributed by atoms with Crippen LogP contribution in [-0.2, 0) is 10.2 Å². The van der Waals surface area contributed by atoms with E-state index in [-0.39, 0.29) is 11.3 Å². The molecule has 0 unspecified atom stereocenters. The summed E-state index contributed by atoms with van der Waals surface area (Å²) in [6.07, 6.45) is 1.14. The average Bonchev–Trinajstić information content (AvgIpc) is 2.92. The molecule has 5 nitrogen and oxygen atoms in total. The fourth-order valence-electron chi connectivity index (χ4n) is 2.47.